The van der Waals surface area contributed by atoms with Crippen LogP contribution in [0.3, 0.4) is 0 Å². The highest BCUT2D eigenvalue weighted by Gasteiger charge is 2.13. The predicted octanol–water partition coefficient (Wildman–Crippen LogP) is 1.30. The number of aromatic nitrogens is 2. The van der Waals surface area contributed by atoms with Gasteiger partial charge >= 0.3 is 5.97 Å². The largest absolute Gasteiger partial charge is 0.464 e. The van der Waals surface area contributed by atoms with Crippen molar-refractivity contribution in [1.82, 2.24) is 9.78 Å². The van der Waals surface area contributed by atoms with Gasteiger partial charge in [0.25, 0.3) is 5.56 Å². The van der Waals surface area contributed by atoms with Gasteiger partial charge in [0.15, 0.2) is 11.5 Å². The van der Waals surface area contributed by atoms with Crippen molar-refractivity contribution in [3.05, 3.63) is 58.0 Å². The molecule has 2 aromatic rings. The molecule has 0 bridgehead atoms. The minimum atomic E-state index is -0.961. The van der Waals surface area contributed by atoms with Crippen LogP contribution in [0.25, 0.3) is 5.69 Å². The van der Waals surface area contributed by atoms with Gasteiger partial charge < -0.3 is 4.74 Å². The van der Waals surface area contributed by atoms with Crippen LogP contribution < -0.4 is 5.56 Å². The molecule has 0 fully saturated rings. The summed E-state index contributed by atoms with van der Waals surface area (Å²) in [5.41, 5.74) is -1.07. The summed E-state index contributed by atoms with van der Waals surface area (Å²) in [6.45, 7) is 0. The van der Waals surface area contributed by atoms with E-state index < -0.39 is 23.2 Å². The molecule has 0 aliphatic heterocycles. The molecule has 19 heavy (non-hydrogen) atoms. The molecular formula is C12H8F2N2O3. The zero-order valence-corrected chi connectivity index (χ0v) is 9.76. The molecule has 0 aliphatic carbocycles. The molecular weight excluding hydrogens is 258 g/mol. The lowest BCUT2D eigenvalue weighted by atomic mass is 10.3. The Balaban J connectivity index is 2.61. The molecule has 0 aliphatic rings. The Morgan fingerprint density at radius 3 is 2.63 bits per heavy atom. The maximum absolute atomic E-state index is 13.6. The standard InChI is InChI=1S/C12H8F2N2O3/c1-19-12(18)9-3-5-11(17)16(15-9)10-4-2-7(13)6-8(10)14/h2-6H,1H3. The van der Waals surface area contributed by atoms with Crippen molar-refractivity contribution in [3.63, 3.8) is 0 Å². The van der Waals surface area contributed by atoms with Crippen LogP contribution in [0.15, 0.2) is 35.1 Å². The maximum Gasteiger partial charge on any atom is 0.358 e. The highest BCUT2D eigenvalue weighted by molar-refractivity contribution is 5.86. The SMILES string of the molecule is COC(=O)c1ccc(=O)n(-c2ccc(F)cc2F)n1. The van der Waals surface area contributed by atoms with E-state index >= 15 is 0 Å². The summed E-state index contributed by atoms with van der Waals surface area (Å²) in [7, 11) is 1.15. The number of ether oxygens (including phenoxy) is 1. The van der Waals surface area contributed by atoms with Gasteiger partial charge in [-0.15, -0.1) is 0 Å². The second-order valence-electron chi connectivity index (χ2n) is 3.56. The van der Waals surface area contributed by atoms with Crippen molar-refractivity contribution in [3.8, 4) is 5.69 Å². The normalized spacial score (nSPS) is 10.3. The fraction of sp³-hybridized carbons (Fsp3) is 0.0833. The predicted molar refractivity (Wildman–Crippen MR) is 61.1 cm³/mol. The quantitative estimate of drug-likeness (QED) is 0.769. The lowest BCUT2D eigenvalue weighted by Crippen LogP contribution is -2.24. The van der Waals surface area contributed by atoms with Gasteiger partial charge in [0.1, 0.15) is 11.5 Å². The van der Waals surface area contributed by atoms with E-state index in [1.807, 2.05) is 0 Å². The average Bonchev–Trinajstić information content (AvgIpc) is 2.39. The van der Waals surface area contributed by atoms with Crippen LogP contribution in [0.4, 0.5) is 8.78 Å². The van der Waals surface area contributed by atoms with Crippen molar-refractivity contribution in [2.45, 2.75) is 0 Å². The molecule has 0 saturated carbocycles. The molecule has 98 valence electrons. The van der Waals surface area contributed by atoms with Crippen molar-refractivity contribution < 1.29 is 18.3 Å². The first kappa shape index (κ1) is 12.9. The number of hydrogen-bond donors (Lipinski definition) is 0. The average molecular weight is 266 g/mol. The van der Waals surface area contributed by atoms with E-state index in [1.165, 1.54) is 0 Å². The zero-order valence-electron chi connectivity index (χ0n) is 9.76. The van der Waals surface area contributed by atoms with Crippen LogP contribution in [-0.2, 0) is 4.74 Å². The Morgan fingerprint density at radius 1 is 1.26 bits per heavy atom. The lowest BCUT2D eigenvalue weighted by molar-refractivity contribution is 0.0591. The van der Waals surface area contributed by atoms with Crippen molar-refractivity contribution >= 4 is 5.97 Å². The number of carbonyl (C=O) groups excluding carboxylic acids is 1. The number of rotatable bonds is 2. The number of carbonyl (C=O) groups is 1. The number of halogens is 2. The summed E-state index contributed by atoms with van der Waals surface area (Å²) < 4.78 is 31.5. The van der Waals surface area contributed by atoms with Gasteiger partial charge in [0, 0.05) is 12.1 Å². The molecule has 0 N–H and O–H groups in total. The van der Waals surface area contributed by atoms with E-state index in [2.05, 4.69) is 9.84 Å². The number of benzene rings is 1. The number of hydrogen-bond acceptors (Lipinski definition) is 4. The summed E-state index contributed by atoms with van der Waals surface area (Å²) in [4.78, 5) is 22.9. The highest BCUT2D eigenvalue weighted by atomic mass is 19.1. The van der Waals surface area contributed by atoms with Gasteiger partial charge in [-0.2, -0.15) is 9.78 Å². The van der Waals surface area contributed by atoms with Gasteiger partial charge in [-0.25, -0.2) is 13.6 Å². The summed E-state index contributed by atoms with van der Waals surface area (Å²) >= 11 is 0. The Kier molecular flexibility index (Phi) is 3.37. The molecule has 0 atom stereocenters. The fourth-order valence-electron chi connectivity index (χ4n) is 1.45. The third-order valence-electron chi connectivity index (χ3n) is 2.33. The summed E-state index contributed by atoms with van der Waals surface area (Å²) in [6, 6.07) is 4.86. The maximum atomic E-state index is 13.6. The van der Waals surface area contributed by atoms with Crippen molar-refractivity contribution in [1.29, 1.82) is 0 Å². The zero-order chi connectivity index (χ0) is 14.0. The first-order chi connectivity index (χ1) is 9.02. The Hall–Kier alpha value is -2.57. The highest BCUT2D eigenvalue weighted by Crippen LogP contribution is 2.12. The van der Waals surface area contributed by atoms with E-state index in [-0.39, 0.29) is 11.4 Å². The summed E-state index contributed by atoms with van der Waals surface area (Å²) in [6.07, 6.45) is 0. The van der Waals surface area contributed by atoms with E-state index in [0.717, 1.165) is 31.4 Å². The second kappa shape index (κ2) is 4.97. The molecule has 2 rings (SSSR count). The Bertz CT molecular complexity index is 698. The van der Waals surface area contributed by atoms with E-state index in [1.54, 1.807) is 0 Å². The molecule has 0 amide bonds. The molecule has 0 spiro atoms. The van der Waals surface area contributed by atoms with Gasteiger partial charge in [-0.05, 0) is 18.2 Å². The fourth-order valence-corrected chi connectivity index (χ4v) is 1.45. The molecule has 1 aromatic heterocycles. The monoisotopic (exact) mass is 266 g/mol. The first-order valence-corrected chi connectivity index (χ1v) is 5.17. The Labute approximate surface area is 106 Å². The van der Waals surface area contributed by atoms with Crippen LogP contribution in [0.1, 0.15) is 10.5 Å². The number of nitrogens with zero attached hydrogens (tertiary/aromatic N) is 2. The van der Waals surface area contributed by atoms with E-state index in [9.17, 15) is 18.4 Å². The minimum Gasteiger partial charge on any atom is -0.464 e. The van der Waals surface area contributed by atoms with Crippen LogP contribution in [-0.4, -0.2) is 22.9 Å². The van der Waals surface area contributed by atoms with Crippen LogP contribution in [0, 0.1) is 11.6 Å². The Morgan fingerprint density at radius 2 is 2.00 bits per heavy atom. The van der Waals surface area contributed by atoms with Crippen LogP contribution >= 0.6 is 0 Å². The topological polar surface area (TPSA) is 61.2 Å². The summed E-state index contributed by atoms with van der Waals surface area (Å²) in [5.74, 6) is -2.51. The first-order valence-electron chi connectivity index (χ1n) is 5.17. The second-order valence-corrected chi connectivity index (χ2v) is 3.56. The molecule has 1 heterocycles. The third kappa shape index (κ3) is 2.49. The van der Waals surface area contributed by atoms with Crippen LogP contribution in [0.2, 0.25) is 0 Å². The molecule has 0 saturated heterocycles. The lowest BCUT2D eigenvalue weighted by Gasteiger charge is -2.06. The van der Waals surface area contributed by atoms with Crippen LogP contribution in [0.5, 0.6) is 0 Å². The molecule has 5 nitrogen and oxygen atoms in total. The van der Waals surface area contributed by atoms with Crippen molar-refractivity contribution in [2.75, 3.05) is 7.11 Å². The van der Waals surface area contributed by atoms with E-state index in [4.69, 9.17) is 0 Å². The molecule has 7 heteroatoms. The van der Waals surface area contributed by atoms with Gasteiger partial charge in [0.05, 0.1) is 7.11 Å². The minimum absolute atomic E-state index is 0.161. The van der Waals surface area contributed by atoms with E-state index in [0.29, 0.717) is 10.7 Å². The van der Waals surface area contributed by atoms with Crippen molar-refractivity contribution in [2.24, 2.45) is 0 Å². The number of methoxy groups -OCH3 is 1. The smallest absolute Gasteiger partial charge is 0.358 e. The third-order valence-corrected chi connectivity index (χ3v) is 2.33. The molecule has 1 aromatic carbocycles. The van der Waals surface area contributed by atoms with Gasteiger partial charge in [-0.3, -0.25) is 4.79 Å². The van der Waals surface area contributed by atoms with Gasteiger partial charge in [0.2, 0.25) is 0 Å². The summed E-state index contributed by atoms with van der Waals surface area (Å²) in [5, 5.41) is 3.67. The molecule has 0 unspecified atom stereocenters. The van der Waals surface area contributed by atoms with Gasteiger partial charge in [-0.1, -0.05) is 0 Å². The molecule has 0 radical (unpaired) electrons. The number of esters is 1.